The standard InChI is InChI=1S/C13H14BrFN4OS/c1-4-10-9(14)5-11(21-10)13(20)17-16-6-8-7(2)18-19(3)12(8)15/h5-6H,4H2,1-3H3,(H,17,20)/b16-6+. The second-order valence-corrected chi connectivity index (χ2v) is 6.34. The van der Waals surface area contributed by atoms with Crippen LogP contribution >= 0.6 is 27.3 Å². The Kier molecular flexibility index (Phi) is 4.89. The van der Waals surface area contributed by atoms with Crippen molar-refractivity contribution in [2.75, 3.05) is 0 Å². The second-order valence-electron chi connectivity index (χ2n) is 4.35. The predicted octanol–water partition coefficient (Wildman–Crippen LogP) is 3.02. The maximum atomic E-state index is 13.7. The third kappa shape index (κ3) is 3.38. The molecule has 2 rings (SSSR count). The molecule has 0 fully saturated rings. The molecule has 0 saturated heterocycles. The number of thiophene rings is 1. The van der Waals surface area contributed by atoms with Crippen LogP contribution in [-0.2, 0) is 13.5 Å². The van der Waals surface area contributed by atoms with Crippen molar-refractivity contribution in [1.82, 2.24) is 15.2 Å². The molecule has 0 bridgehead atoms. The fraction of sp³-hybridized carbons (Fsp3) is 0.308. The van der Waals surface area contributed by atoms with Crippen LogP contribution in [0.3, 0.4) is 0 Å². The van der Waals surface area contributed by atoms with Gasteiger partial charge in [-0.2, -0.15) is 14.6 Å². The zero-order valence-electron chi connectivity index (χ0n) is 11.8. The highest BCUT2D eigenvalue weighted by Gasteiger charge is 2.13. The summed E-state index contributed by atoms with van der Waals surface area (Å²) in [5, 5.41) is 7.72. The molecule has 0 atom stereocenters. The minimum absolute atomic E-state index is 0.263. The molecule has 0 aliphatic heterocycles. The van der Waals surface area contributed by atoms with E-state index in [1.165, 1.54) is 24.6 Å². The average molecular weight is 373 g/mol. The zero-order chi connectivity index (χ0) is 15.6. The molecule has 5 nitrogen and oxygen atoms in total. The number of aromatic nitrogens is 2. The zero-order valence-corrected chi connectivity index (χ0v) is 14.2. The Hall–Kier alpha value is -1.54. The number of carbonyl (C=O) groups excluding carboxylic acids is 1. The van der Waals surface area contributed by atoms with Gasteiger partial charge in [0, 0.05) is 16.4 Å². The molecule has 0 saturated carbocycles. The lowest BCUT2D eigenvalue weighted by molar-refractivity contribution is 0.0959. The Labute approximate surface area is 134 Å². The molecular formula is C13H14BrFN4OS. The first-order valence-electron chi connectivity index (χ1n) is 6.24. The van der Waals surface area contributed by atoms with E-state index in [1.807, 2.05) is 6.92 Å². The average Bonchev–Trinajstić information content (AvgIpc) is 2.93. The van der Waals surface area contributed by atoms with E-state index < -0.39 is 5.95 Å². The van der Waals surface area contributed by atoms with Crippen LogP contribution in [0.4, 0.5) is 4.39 Å². The fourth-order valence-electron chi connectivity index (χ4n) is 1.76. The van der Waals surface area contributed by atoms with Crippen LogP contribution in [0.2, 0.25) is 0 Å². The smallest absolute Gasteiger partial charge is 0.266 e. The van der Waals surface area contributed by atoms with Gasteiger partial charge in [-0.1, -0.05) is 6.92 Å². The molecule has 1 amide bonds. The van der Waals surface area contributed by atoms with Crippen LogP contribution in [0, 0.1) is 12.9 Å². The van der Waals surface area contributed by atoms with Crippen molar-refractivity contribution in [3.8, 4) is 0 Å². The van der Waals surface area contributed by atoms with Crippen LogP contribution in [0.1, 0.15) is 32.7 Å². The highest BCUT2D eigenvalue weighted by molar-refractivity contribution is 9.10. The highest BCUT2D eigenvalue weighted by atomic mass is 79.9. The maximum Gasteiger partial charge on any atom is 0.281 e. The molecule has 2 aromatic heterocycles. The van der Waals surface area contributed by atoms with E-state index in [0.29, 0.717) is 10.6 Å². The van der Waals surface area contributed by atoms with Crippen molar-refractivity contribution in [1.29, 1.82) is 0 Å². The van der Waals surface area contributed by atoms with Gasteiger partial charge in [0.05, 0.1) is 22.3 Å². The van der Waals surface area contributed by atoms with Crippen molar-refractivity contribution >= 4 is 39.4 Å². The van der Waals surface area contributed by atoms with Crippen LogP contribution < -0.4 is 5.43 Å². The molecule has 1 N–H and O–H groups in total. The largest absolute Gasteiger partial charge is 0.281 e. The summed E-state index contributed by atoms with van der Waals surface area (Å²) in [5.41, 5.74) is 3.17. The number of hydrogen-bond donors (Lipinski definition) is 1. The van der Waals surface area contributed by atoms with E-state index in [2.05, 4.69) is 31.6 Å². The summed E-state index contributed by atoms with van der Waals surface area (Å²) in [5.74, 6) is -0.809. The minimum Gasteiger partial charge on any atom is -0.266 e. The van der Waals surface area contributed by atoms with Crippen molar-refractivity contribution < 1.29 is 9.18 Å². The van der Waals surface area contributed by atoms with Crippen LogP contribution in [0.5, 0.6) is 0 Å². The summed E-state index contributed by atoms with van der Waals surface area (Å²) in [6.07, 6.45) is 2.11. The van der Waals surface area contributed by atoms with Gasteiger partial charge in [0.2, 0.25) is 5.95 Å². The number of amides is 1. The van der Waals surface area contributed by atoms with E-state index in [-0.39, 0.29) is 11.5 Å². The molecule has 8 heteroatoms. The van der Waals surface area contributed by atoms with Gasteiger partial charge in [0.1, 0.15) is 0 Å². The normalized spacial score (nSPS) is 11.3. The second kappa shape index (κ2) is 6.48. The van der Waals surface area contributed by atoms with Gasteiger partial charge in [-0.25, -0.2) is 10.1 Å². The molecule has 0 spiro atoms. The number of hydrogen-bond acceptors (Lipinski definition) is 4. The maximum absolute atomic E-state index is 13.7. The summed E-state index contributed by atoms with van der Waals surface area (Å²) in [6, 6.07) is 1.75. The number of halogens is 2. The van der Waals surface area contributed by atoms with Crippen molar-refractivity contribution in [3.05, 3.63) is 37.5 Å². The topological polar surface area (TPSA) is 59.3 Å². The van der Waals surface area contributed by atoms with Gasteiger partial charge in [0.25, 0.3) is 5.91 Å². The third-order valence-corrected chi connectivity index (χ3v) is 5.11. The number of nitrogens with zero attached hydrogens (tertiary/aromatic N) is 3. The first kappa shape index (κ1) is 15.8. The Morgan fingerprint density at radius 3 is 2.90 bits per heavy atom. The number of rotatable bonds is 4. The SMILES string of the molecule is CCc1sc(C(=O)N/N=C/c2c(C)nn(C)c2F)cc1Br. The molecule has 112 valence electrons. The first-order chi connectivity index (χ1) is 9.93. The van der Waals surface area contributed by atoms with E-state index in [1.54, 1.807) is 13.0 Å². The van der Waals surface area contributed by atoms with E-state index >= 15 is 0 Å². The number of carbonyl (C=O) groups is 1. The van der Waals surface area contributed by atoms with Gasteiger partial charge < -0.3 is 0 Å². The predicted molar refractivity (Wildman–Crippen MR) is 84.4 cm³/mol. The van der Waals surface area contributed by atoms with Gasteiger partial charge in [0.15, 0.2) is 0 Å². The first-order valence-corrected chi connectivity index (χ1v) is 7.85. The number of nitrogens with one attached hydrogen (secondary N) is 1. The summed E-state index contributed by atoms with van der Waals surface area (Å²) in [7, 11) is 1.51. The Balaban J connectivity index is 2.08. The molecule has 21 heavy (non-hydrogen) atoms. The monoisotopic (exact) mass is 372 g/mol. The molecular weight excluding hydrogens is 359 g/mol. The Morgan fingerprint density at radius 2 is 2.38 bits per heavy atom. The Bertz CT molecular complexity index is 707. The lowest BCUT2D eigenvalue weighted by Gasteiger charge is -1.95. The van der Waals surface area contributed by atoms with Crippen molar-refractivity contribution in [2.45, 2.75) is 20.3 Å². The highest BCUT2D eigenvalue weighted by Crippen LogP contribution is 2.27. The summed E-state index contributed by atoms with van der Waals surface area (Å²) in [6.45, 7) is 3.69. The van der Waals surface area contributed by atoms with Crippen LogP contribution in [0.25, 0.3) is 0 Å². The lowest BCUT2D eigenvalue weighted by Crippen LogP contribution is -2.16. The Morgan fingerprint density at radius 1 is 1.67 bits per heavy atom. The van der Waals surface area contributed by atoms with Gasteiger partial charge in [-0.3, -0.25) is 4.79 Å². The van der Waals surface area contributed by atoms with Crippen molar-refractivity contribution in [2.24, 2.45) is 12.1 Å². The van der Waals surface area contributed by atoms with Crippen molar-refractivity contribution in [3.63, 3.8) is 0 Å². The molecule has 2 heterocycles. The van der Waals surface area contributed by atoms with E-state index in [4.69, 9.17) is 0 Å². The van der Waals surface area contributed by atoms with E-state index in [9.17, 15) is 9.18 Å². The molecule has 0 unspecified atom stereocenters. The molecule has 0 aliphatic carbocycles. The van der Waals surface area contributed by atoms with Gasteiger partial charge in [-0.05, 0) is 35.3 Å². The van der Waals surface area contributed by atoms with Gasteiger partial charge in [-0.15, -0.1) is 11.3 Å². The molecule has 0 aliphatic rings. The number of aryl methyl sites for hydroxylation is 3. The minimum atomic E-state index is -0.488. The van der Waals surface area contributed by atoms with Gasteiger partial charge >= 0.3 is 0 Å². The van der Waals surface area contributed by atoms with Crippen LogP contribution in [-0.4, -0.2) is 21.9 Å². The summed E-state index contributed by atoms with van der Waals surface area (Å²) >= 11 is 4.80. The summed E-state index contributed by atoms with van der Waals surface area (Å²) < 4.78 is 15.7. The molecule has 2 aromatic rings. The van der Waals surface area contributed by atoms with E-state index in [0.717, 1.165) is 20.5 Å². The quantitative estimate of drug-likeness (QED) is 0.662. The summed E-state index contributed by atoms with van der Waals surface area (Å²) in [4.78, 5) is 13.6. The lowest BCUT2D eigenvalue weighted by atomic mass is 10.3. The van der Waals surface area contributed by atoms with Crippen LogP contribution in [0.15, 0.2) is 15.6 Å². The number of hydrazone groups is 1. The fourth-order valence-corrected chi connectivity index (χ4v) is 3.55. The molecule has 0 aromatic carbocycles. The third-order valence-electron chi connectivity index (χ3n) is 2.86. The molecule has 0 radical (unpaired) electrons.